The van der Waals surface area contributed by atoms with Gasteiger partial charge in [0, 0.05) is 22.4 Å². The molecule has 16 heavy (non-hydrogen) atoms. The van der Waals surface area contributed by atoms with Gasteiger partial charge in [-0.25, -0.2) is 0 Å². The van der Waals surface area contributed by atoms with E-state index in [1.54, 1.807) is 0 Å². The summed E-state index contributed by atoms with van der Waals surface area (Å²) in [5.41, 5.74) is 1.52. The highest BCUT2D eigenvalue weighted by atomic mass is 79.9. The van der Waals surface area contributed by atoms with Crippen LogP contribution in [0.2, 0.25) is 0 Å². The molecule has 1 aromatic rings. The molecule has 0 unspecified atom stereocenters. The van der Waals surface area contributed by atoms with Gasteiger partial charge in [0.15, 0.2) is 0 Å². The van der Waals surface area contributed by atoms with E-state index in [2.05, 4.69) is 100 Å². The first kappa shape index (κ1) is 15.7. The van der Waals surface area contributed by atoms with E-state index >= 15 is 0 Å². The smallest absolute Gasteiger partial charge is 0.0482 e. The van der Waals surface area contributed by atoms with E-state index in [4.69, 9.17) is 0 Å². The fourth-order valence-electron chi connectivity index (χ4n) is 1.34. The van der Waals surface area contributed by atoms with Crippen LogP contribution < -0.4 is 0 Å². The van der Waals surface area contributed by atoms with Gasteiger partial charge in [0.2, 0.25) is 0 Å². The van der Waals surface area contributed by atoms with Crippen LogP contribution >= 0.6 is 79.6 Å². The summed E-state index contributed by atoms with van der Waals surface area (Å²) in [6, 6.07) is 0. The lowest BCUT2D eigenvalue weighted by Crippen LogP contribution is -2.10. The average molecular weight is 543 g/mol. The predicted molar refractivity (Wildman–Crippen MR) is 88.1 cm³/mol. The maximum atomic E-state index is 3.64. The van der Waals surface area contributed by atoms with Crippen LogP contribution in [0.3, 0.4) is 0 Å². The lowest BCUT2D eigenvalue weighted by molar-refractivity contribution is 0.409. The van der Waals surface area contributed by atoms with Gasteiger partial charge in [0.1, 0.15) is 0 Å². The van der Waals surface area contributed by atoms with Crippen LogP contribution in [-0.4, -0.2) is 0 Å². The minimum absolute atomic E-state index is 0.248. The van der Waals surface area contributed by atoms with E-state index in [0.717, 1.165) is 28.8 Å². The molecule has 0 aromatic heterocycles. The lowest BCUT2D eigenvalue weighted by atomic mass is 9.88. The molecule has 0 spiro atoms. The van der Waals surface area contributed by atoms with Gasteiger partial charge in [0.05, 0.1) is 0 Å². The Labute approximate surface area is 139 Å². The molecule has 0 nitrogen and oxygen atoms in total. The minimum atomic E-state index is 0.248. The van der Waals surface area contributed by atoms with E-state index < -0.39 is 0 Å². The van der Waals surface area contributed by atoms with Crippen molar-refractivity contribution < 1.29 is 0 Å². The molecule has 0 N–H and O–H groups in total. The van der Waals surface area contributed by atoms with Crippen molar-refractivity contribution in [3.63, 3.8) is 0 Å². The van der Waals surface area contributed by atoms with Crippen molar-refractivity contribution in [1.82, 2.24) is 0 Å². The van der Waals surface area contributed by atoms with Crippen molar-refractivity contribution in [3.05, 3.63) is 27.9 Å². The van der Waals surface area contributed by atoms with Crippen LogP contribution in [0.4, 0.5) is 0 Å². The second kappa shape index (κ2) is 5.72. The van der Waals surface area contributed by atoms with Gasteiger partial charge in [-0.1, -0.05) is 20.8 Å². The third-order valence-corrected chi connectivity index (χ3v) is 8.27. The van der Waals surface area contributed by atoms with E-state index in [0.29, 0.717) is 0 Å². The second-order valence-corrected chi connectivity index (χ2v) is 8.75. The topological polar surface area (TPSA) is 0 Å². The van der Waals surface area contributed by atoms with Crippen molar-refractivity contribution in [2.75, 3.05) is 0 Å². The molecule has 0 saturated heterocycles. The largest absolute Gasteiger partial charge is 0.0599 e. The third-order valence-electron chi connectivity index (χ3n) is 2.01. The van der Waals surface area contributed by atoms with Crippen molar-refractivity contribution >= 4 is 79.6 Å². The van der Waals surface area contributed by atoms with Crippen LogP contribution in [0.1, 0.15) is 26.3 Å². The van der Waals surface area contributed by atoms with Gasteiger partial charge in [-0.3, -0.25) is 0 Å². The first-order valence-electron chi connectivity index (χ1n) is 4.65. The van der Waals surface area contributed by atoms with Crippen molar-refractivity contribution in [1.29, 1.82) is 0 Å². The summed E-state index contributed by atoms with van der Waals surface area (Å²) in [5, 5.41) is 0. The molecule has 0 aliphatic heterocycles. The Morgan fingerprint density at radius 1 is 0.688 bits per heavy atom. The van der Waals surface area contributed by atoms with E-state index in [1.165, 1.54) is 5.56 Å². The summed E-state index contributed by atoms with van der Waals surface area (Å²) in [6.07, 6.45) is 0.999. The monoisotopic (exact) mass is 538 g/mol. The average Bonchev–Trinajstić information content (AvgIpc) is 2.17. The predicted octanol–water partition coefficient (Wildman–Crippen LogP) is 7.09. The Bertz CT molecular complexity index is 388. The van der Waals surface area contributed by atoms with Gasteiger partial charge >= 0.3 is 0 Å². The molecular weight excluding hydrogens is 532 g/mol. The van der Waals surface area contributed by atoms with Crippen molar-refractivity contribution in [3.8, 4) is 0 Å². The molecule has 0 heterocycles. The van der Waals surface area contributed by atoms with E-state index in [9.17, 15) is 0 Å². The highest BCUT2D eigenvalue weighted by molar-refractivity contribution is 9.15. The second-order valence-electron chi connectivity index (χ2n) is 4.79. The molecular formula is C11H11Br5. The van der Waals surface area contributed by atoms with Gasteiger partial charge in [-0.2, -0.15) is 0 Å². The van der Waals surface area contributed by atoms with Crippen LogP contribution in [0.5, 0.6) is 0 Å². The molecule has 90 valence electrons. The Balaban J connectivity index is 3.40. The summed E-state index contributed by atoms with van der Waals surface area (Å²) in [7, 11) is 0. The number of halogens is 5. The fraction of sp³-hybridized carbons (Fsp3) is 0.455. The molecule has 0 bridgehead atoms. The van der Waals surface area contributed by atoms with Gasteiger partial charge < -0.3 is 0 Å². The summed E-state index contributed by atoms with van der Waals surface area (Å²) >= 11 is 18.0. The van der Waals surface area contributed by atoms with Crippen LogP contribution in [0.25, 0.3) is 0 Å². The SMILES string of the molecule is CC(C)(C)Cc1c(Br)c(Br)c(Br)c(Br)c1Br. The zero-order valence-corrected chi connectivity index (χ0v) is 17.0. The van der Waals surface area contributed by atoms with E-state index in [-0.39, 0.29) is 5.41 Å². The Kier molecular flexibility index (Phi) is 5.61. The maximum absolute atomic E-state index is 3.64. The molecule has 1 rings (SSSR count). The lowest BCUT2D eigenvalue weighted by Gasteiger charge is -2.22. The molecule has 0 radical (unpaired) electrons. The third kappa shape index (κ3) is 3.56. The summed E-state index contributed by atoms with van der Waals surface area (Å²) in [4.78, 5) is 0. The number of benzene rings is 1. The molecule has 0 fully saturated rings. The molecule has 1 aromatic carbocycles. The highest BCUT2D eigenvalue weighted by Gasteiger charge is 2.21. The number of hydrogen-bond acceptors (Lipinski definition) is 0. The molecule has 5 heteroatoms. The zero-order valence-electron chi connectivity index (χ0n) is 9.10. The zero-order chi connectivity index (χ0) is 12.7. The number of rotatable bonds is 1. The summed E-state index contributed by atoms with van der Waals surface area (Å²) in [5.74, 6) is 0. The van der Waals surface area contributed by atoms with E-state index in [1.807, 2.05) is 0 Å². The van der Waals surface area contributed by atoms with Crippen LogP contribution in [0.15, 0.2) is 22.4 Å². The van der Waals surface area contributed by atoms with Crippen molar-refractivity contribution in [2.24, 2.45) is 5.41 Å². The quantitative estimate of drug-likeness (QED) is 0.263. The standard InChI is InChI=1S/C11H11Br5/c1-11(2,3)4-5-6(12)8(14)10(16)9(15)7(5)13/h4H2,1-3H3. The molecule has 0 aliphatic rings. The minimum Gasteiger partial charge on any atom is -0.0599 e. The Morgan fingerprint density at radius 3 is 1.31 bits per heavy atom. The van der Waals surface area contributed by atoms with Crippen molar-refractivity contribution in [2.45, 2.75) is 27.2 Å². The maximum Gasteiger partial charge on any atom is 0.0482 e. The molecule has 0 saturated carbocycles. The fourth-order valence-corrected chi connectivity index (χ4v) is 4.75. The van der Waals surface area contributed by atoms with Crippen LogP contribution in [0, 0.1) is 5.41 Å². The first-order chi connectivity index (χ1) is 7.15. The number of hydrogen-bond donors (Lipinski definition) is 0. The molecule has 0 aliphatic carbocycles. The van der Waals surface area contributed by atoms with Crippen LogP contribution in [-0.2, 0) is 6.42 Å². The summed E-state index contributed by atoms with van der Waals surface area (Å²) < 4.78 is 5.31. The van der Waals surface area contributed by atoms with Gasteiger partial charge in [-0.05, 0) is 97.0 Å². The normalized spacial score (nSPS) is 12.0. The molecule has 0 amide bonds. The summed E-state index contributed by atoms with van der Waals surface area (Å²) in [6.45, 7) is 6.70. The Morgan fingerprint density at radius 2 is 1.00 bits per heavy atom. The highest BCUT2D eigenvalue weighted by Crippen LogP contribution is 2.46. The van der Waals surface area contributed by atoms with Gasteiger partial charge in [-0.15, -0.1) is 0 Å². The van der Waals surface area contributed by atoms with Gasteiger partial charge in [0.25, 0.3) is 0 Å². The molecule has 0 atom stereocenters. The first-order valence-corrected chi connectivity index (χ1v) is 8.62. The Hall–Kier alpha value is 1.62.